The first-order chi connectivity index (χ1) is 36.3. The number of aromatic nitrogens is 8. The van der Waals surface area contributed by atoms with E-state index >= 15 is 0 Å². The highest BCUT2D eigenvalue weighted by Crippen LogP contribution is 2.61. The lowest BCUT2D eigenvalue weighted by molar-refractivity contribution is -0.145. The fourth-order valence-electron chi connectivity index (χ4n) is 9.89. The maximum absolute atomic E-state index is 12.4. The Labute approximate surface area is 442 Å². The SMILES string of the molecule is CCOC(=O)/C=C/c1ccn2cc(C)nc2c1.CCOC(=O)[C@@H]1[C@H](c2ccccc2)[C@H]1c1ccn2cc(C)nc2c1.Cc1cn2ccc(Br)cc2n1.Cc1cn2ccc([C@H]3[C@H](C(=O)NO)[C@@H]3c3ccccc3)cc2n1. The van der Waals surface area contributed by atoms with E-state index in [0.717, 1.165) is 72.1 Å². The molecule has 0 radical (unpaired) electrons. The van der Waals surface area contributed by atoms with E-state index < -0.39 is 0 Å². The Morgan fingerprint density at radius 1 is 0.547 bits per heavy atom. The number of aryl methyl sites for hydroxylation is 4. The van der Waals surface area contributed by atoms with Crippen molar-refractivity contribution in [2.45, 2.75) is 65.2 Å². The topological polar surface area (TPSA) is 171 Å². The molecule has 2 N–H and O–H groups in total. The summed E-state index contributed by atoms with van der Waals surface area (Å²) in [5.41, 5.74) is 14.9. The van der Waals surface area contributed by atoms with Crippen LogP contribution in [0.5, 0.6) is 0 Å². The van der Waals surface area contributed by atoms with Gasteiger partial charge in [-0.05, 0) is 124 Å². The Bertz CT molecular complexity index is 3660. The minimum absolute atomic E-state index is 0.0616. The monoisotopic (exact) mass is 1070 g/mol. The van der Waals surface area contributed by atoms with Crippen LogP contribution >= 0.6 is 15.9 Å². The lowest BCUT2D eigenvalue weighted by Crippen LogP contribution is -2.21. The molecule has 15 nitrogen and oxygen atoms in total. The lowest BCUT2D eigenvalue weighted by atomic mass is 10.1. The third-order valence-electron chi connectivity index (χ3n) is 13.2. The van der Waals surface area contributed by atoms with Crippen LogP contribution in [0, 0.1) is 39.5 Å². The number of hydroxylamine groups is 1. The van der Waals surface area contributed by atoms with Gasteiger partial charge in [0.1, 0.15) is 22.6 Å². The first kappa shape index (κ1) is 51.7. The van der Waals surface area contributed by atoms with Gasteiger partial charge in [0.15, 0.2) is 0 Å². The molecule has 0 unspecified atom stereocenters. The molecule has 16 heteroatoms. The van der Waals surface area contributed by atoms with Crippen LogP contribution in [0.15, 0.2) is 169 Å². The molecule has 0 bridgehead atoms. The largest absolute Gasteiger partial charge is 0.466 e. The fraction of sp³-hybridized carbons (Fsp3) is 0.237. The predicted octanol–water partition coefficient (Wildman–Crippen LogP) is 11.0. The molecule has 0 aliphatic heterocycles. The molecule has 2 aliphatic carbocycles. The lowest BCUT2D eigenvalue weighted by Gasteiger charge is -2.02. The second kappa shape index (κ2) is 22.9. The van der Waals surface area contributed by atoms with Gasteiger partial charge in [0, 0.05) is 83.8 Å². The summed E-state index contributed by atoms with van der Waals surface area (Å²) >= 11 is 3.39. The van der Waals surface area contributed by atoms with Crippen molar-refractivity contribution in [3.05, 3.63) is 220 Å². The number of ether oxygens (including phenoxy) is 2. The van der Waals surface area contributed by atoms with Gasteiger partial charge in [-0.25, -0.2) is 30.2 Å². The van der Waals surface area contributed by atoms with E-state index in [9.17, 15) is 14.4 Å². The van der Waals surface area contributed by atoms with Crippen LogP contribution < -0.4 is 5.48 Å². The Hall–Kier alpha value is -8.21. The molecule has 12 rings (SSSR count). The second-order valence-corrected chi connectivity index (χ2v) is 19.5. The Morgan fingerprint density at radius 3 is 1.44 bits per heavy atom. The van der Waals surface area contributed by atoms with Gasteiger partial charge < -0.3 is 27.1 Å². The summed E-state index contributed by atoms with van der Waals surface area (Å²) < 4.78 is 19.1. The van der Waals surface area contributed by atoms with Gasteiger partial charge in [0.2, 0.25) is 5.91 Å². The molecule has 2 saturated carbocycles. The fourth-order valence-corrected chi connectivity index (χ4v) is 10.2. The van der Waals surface area contributed by atoms with E-state index in [1.807, 2.05) is 192 Å². The Balaban J connectivity index is 0.000000127. The highest BCUT2D eigenvalue weighted by atomic mass is 79.9. The summed E-state index contributed by atoms with van der Waals surface area (Å²) in [6.45, 7) is 12.3. The number of amides is 1. The van der Waals surface area contributed by atoms with E-state index in [-0.39, 0.29) is 53.4 Å². The summed E-state index contributed by atoms with van der Waals surface area (Å²) in [5, 5.41) is 9.03. The number of fused-ring (bicyclic) bond motifs is 4. The van der Waals surface area contributed by atoms with Crippen LogP contribution in [-0.2, 0) is 23.9 Å². The standard InChI is InChI=1S/C20H20N2O2.C18H17N3O2.C13H14N2O2.C8H7BrN2/c1-3-24-20(23)19-17(14-7-5-4-6-8-14)18(19)15-9-10-22-12-13(2)21-16(22)11-15;1-11-10-21-8-7-13(9-14(21)19-11)16-15(17(16)18(22)20-23)12-5-3-2-4-6-12;1-3-17-13(16)5-4-11-6-7-15-9-10(2)14-12(15)8-11;1-6-5-11-3-2-7(9)4-8(11)10-6/h4-12,17-19H,3H2,1-2H3;2-10,15-17,23H,1H3,(H,20,22);4-9H,3H2,1-2H3;2-5H,1H3/b;;5-4+;/t17-,18-,19-;15-,16-,17-;;/m11../s1. The molecule has 0 spiro atoms. The molecule has 1 amide bonds. The summed E-state index contributed by atoms with van der Waals surface area (Å²) in [4.78, 5) is 53.3. The normalized spacial score (nSPS) is 18.3. The molecule has 75 heavy (non-hydrogen) atoms. The number of halogens is 1. The second-order valence-electron chi connectivity index (χ2n) is 18.6. The van der Waals surface area contributed by atoms with Crippen LogP contribution in [-0.4, -0.2) is 73.8 Å². The zero-order valence-corrected chi connectivity index (χ0v) is 44.1. The molecular weight excluding hydrogens is 1010 g/mol. The summed E-state index contributed by atoms with van der Waals surface area (Å²) in [5.74, 6) is -0.622. The maximum Gasteiger partial charge on any atom is 0.330 e. The number of pyridine rings is 4. The number of imidazole rings is 4. The number of hydrogen-bond acceptors (Lipinski definition) is 10. The van der Waals surface area contributed by atoms with E-state index in [1.54, 1.807) is 13.0 Å². The number of benzene rings is 2. The van der Waals surface area contributed by atoms with Crippen molar-refractivity contribution in [2.24, 2.45) is 11.8 Å². The maximum atomic E-state index is 12.4. The number of hydrogen-bond donors (Lipinski definition) is 2. The zero-order valence-electron chi connectivity index (χ0n) is 42.5. The number of carbonyl (C=O) groups is 3. The van der Waals surface area contributed by atoms with Crippen molar-refractivity contribution in [2.75, 3.05) is 13.2 Å². The van der Waals surface area contributed by atoms with Crippen molar-refractivity contribution >= 4 is 62.4 Å². The van der Waals surface area contributed by atoms with Crippen molar-refractivity contribution in [1.82, 2.24) is 43.0 Å². The van der Waals surface area contributed by atoms with Crippen LogP contribution in [0.3, 0.4) is 0 Å². The third kappa shape index (κ3) is 12.1. The highest BCUT2D eigenvalue weighted by molar-refractivity contribution is 9.10. The molecule has 2 fully saturated rings. The van der Waals surface area contributed by atoms with Gasteiger partial charge in [-0.2, -0.15) is 0 Å². The quantitative estimate of drug-likeness (QED) is 0.0581. The van der Waals surface area contributed by atoms with Gasteiger partial charge in [-0.15, -0.1) is 0 Å². The Morgan fingerprint density at radius 2 is 0.960 bits per heavy atom. The van der Waals surface area contributed by atoms with Crippen LogP contribution in [0.1, 0.15) is 88.1 Å². The minimum atomic E-state index is -0.330. The van der Waals surface area contributed by atoms with Crippen molar-refractivity contribution in [1.29, 1.82) is 0 Å². The van der Waals surface area contributed by atoms with E-state index in [1.165, 1.54) is 11.6 Å². The molecule has 2 aromatic carbocycles. The van der Waals surface area contributed by atoms with Crippen molar-refractivity contribution < 1.29 is 29.1 Å². The summed E-state index contributed by atoms with van der Waals surface area (Å²) in [7, 11) is 0. The molecule has 382 valence electrons. The van der Waals surface area contributed by atoms with Gasteiger partial charge in [-0.3, -0.25) is 14.8 Å². The molecule has 2 aliphatic rings. The van der Waals surface area contributed by atoms with E-state index in [2.05, 4.69) is 60.1 Å². The van der Waals surface area contributed by atoms with E-state index in [4.69, 9.17) is 14.7 Å². The minimum Gasteiger partial charge on any atom is -0.466 e. The number of carbonyl (C=O) groups excluding carboxylic acids is 3. The van der Waals surface area contributed by atoms with Crippen LogP contribution in [0.2, 0.25) is 0 Å². The van der Waals surface area contributed by atoms with Crippen LogP contribution in [0.25, 0.3) is 28.7 Å². The number of esters is 2. The van der Waals surface area contributed by atoms with Crippen molar-refractivity contribution in [3.63, 3.8) is 0 Å². The first-order valence-corrected chi connectivity index (χ1v) is 25.6. The van der Waals surface area contributed by atoms with Crippen molar-refractivity contribution in [3.8, 4) is 0 Å². The third-order valence-corrected chi connectivity index (χ3v) is 13.7. The number of nitrogens with one attached hydrogen (secondary N) is 1. The summed E-state index contributed by atoms with van der Waals surface area (Å²) in [6, 6.07) is 36.3. The molecule has 8 heterocycles. The predicted molar refractivity (Wildman–Crippen MR) is 290 cm³/mol. The molecule has 10 aromatic rings. The first-order valence-electron chi connectivity index (χ1n) is 24.8. The van der Waals surface area contributed by atoms with Gasteiger partial charge in [-0.1, -0.05) is 76.6 Å². The molecular formula is C59H58BrN9O6. The molecule has 0 saturated heterocycles. The smallest absolute Gasteiger partial charge is 0.330 e. The average molecular weight is 1070 g/mol. The van der Waals surface area contributed by atoms with Gasteiger partial charge >= 0.3 is 11.9 Å². The van der Waals surface area contributed by atoms with Crippen LogP contribution in [0.4, 0.5) is 0 Å². The van der Waals surface area contributed by atoms with Gasteiger partial charge in [0.25, 0.3) is 0 Å². The van der Waals surface area contributed by atoms with Gasteiger partial charge in [0.05, 0.1) is 47.8 Å². The Kier molecular flexibility index (Phi) is 15.8. The number of nitrogens with zero attached hydrogens (tertiary/aromatic N) is 8. The zero-order chi connectivity index (χ0) is 52.8. The number of rotatable bonds is 10. The highest BCUT2D eigenvalue weighted by Gasteiger charge is 2.57. The molecule has 8 aromatic heterocycles. The molecule has 6 atom stereocenters. The van der Waals surface area contributed by atoms with E-state index in [0.29, 0.717) is 13.2 Å². The summed E-state index contributed by atoms with van der Waals surface area (Å²) in [6.07, 6.45) is 19.0. The average Bonchev–Trinajstić information content (AvgIpc) is 4.09.